The van der Waals surface area contributed by atoms with Crippen LogP contribution >= 0.6 is 0 Å². The number of carbonyl (C=O) groups excluding carboxylic acids is 2. The summed E-state index contributed by atoms with van der Waals surface area (Å²) in [7, 11) is -2.43. The highest BCUT2D eigenvalue weighted by molar-refractivity contribution is 7.89. The number of sulfonamides is 1. The van der Waals surface area contributed by atoms with E-state index in [0.717, 1.165) is 0 Å². The molecule has 144 valence electrons. The maximum Gasteiger partial charge on any atom is 0.328 e. The summed E-state index contributed by atoms with van der Waals surface area (Å²) in [5.41, 5.74) is 0.253. The summed E-state index contributed by atoms with van der Waals surface area (Å²) in [4.78, 5) is 23.6. The van der Waals surface area contributed by atoms with E-state index in [0.29, 0.717) is 0 Å². The van der Waals surface area contributed by atoms with Gasteiger partial charge in [0.1, 0.15) is 6.04 Å². The number of ether oxygens (including phenoxy) is 2. The fourth-order valence-electron chi connectivity index (χ4n) is 2.77. The van der Waals surface area contributed by atoms with Gasteiger partial charge in [-0.05, 0) is 45.0 Å². The second-order valence-corrected chi connectivity index (χ2v) is 8.26. The van der Waals surface area contributed by atoms with Crippen molar-refractivity contribution in [3.8, 4) is 0 Å². The molecule has 0 unspecified atom stereocenters. The summed E-state index contributed by atoms with van der Waals surface area (Å²) < 4.78 is 37.1. The van der Waals surface area contributed by atoms with Gasteiger partial charge in [-0.15, -0.1) is 0 Å². The smallest absolute Gasteiger partial charge is 0.328 e. The molecule has 1 heterocycles. The molecule has 26 heavy (non-hydrogen) atoms. The standard InChI is InChI=1S/C17H24N2O6S/c1-11-9-19(10-12(2)25-11)26(22,23)15-7-5-14(6-8-15)16(20)18-13(3)17(21)24-4/h5-8,11-13H,9-10H2,1-4H3,(H,18,20)/t11-,12+,13-/m0/s1. The molecule has 2 rings (SSSR count). The first-order chi connectivity index (χ1) is 12.1. The lowest BCUT2D eigenvalue weighted by atomic mass is 10.2. The van der Waals surface area contributed by atoms with Gasteiger partial charge >= 0.3 is 5.97 Å². The minimum atomic E-state index is -3.66. The highest BCUT2D eigenvalue weighted by atomic mass is 32.2. The highest BCUT2D eigenvalue weighted by Gasteiger charge is 2.32. The van der Waals surface area contributed by atoms with Crippen LogP contribution < -0.4 is 5.32 Å². The molecule has 1 aromatic rings. The van der Waals surface area contributed by atoms with Gasteiger partial charge in [-0.1, -0.05) is 0 Å². The molecule has 1 aliphatic heterocycles. The summed E-state index contributed by atoms with van der Waals surface area (Å²) in [6.07, 6.45) is -0.364. The second kappa shape index (κ2) is 8.15. The molecule has 1 saturated heterocycles. The average Bonchev–Trinajstić information content (AvgIpc) is 2.60. The summed E-state index contributed by atoms with van der Waals surface area (Å²) in [5, 5.41) is 2.49. The van der Waals surface area contributed by atoms with Crippen molar-refractivity contribution in [1.82, 2.24) is 9.62 Å². The Morgan fingerprint density at radius 2 is 1.73 bits per heavy atom. The molecule has 0 radical (unpaired) electrons. The van der Waals surface area contributed by atoms with Gasteiger partial charge in [0.25, 0.3) is 5.91 Å². The lowest BCUT2D eigenvalue weighted by Gasteiger charge is -2.34. The molecule has 0 aliphatic carbocycles. The van der Waals surface area contributed by atoms with Gasteiger partial charge in [-0.25, -0.2) is 13.2 Å². The van der Waals surface area contributed by atoms with Crippen molar-refractivity contribution in [3.05, 3.63) is 29.8 Å². The van der Waals surface area contributed by atoms with Crippen LogP contribution in [0.5, 0.6) is 0 Å². The number of benzene rings is 1. The summed E-state index contributed by atoms with van der Waals surface area (Å²) in [6.45, 7) is 5.72. The monoisotopic (exact) mass is 384 g/mol. The van der Waals surface area contributed by atoms with Crippen LogP contribution in [0.4, 0.5) is 0 Å². The summed E-state index contributed by atoms with van der Waals surface area (Å²) in [6, 6.07) is 4.81. The zero-order chi connectivity index (χ0) is 19.5. The number of amides is 1. The molecule has 1 amide bonds. The van der Waals surface area contributed by atoms with E-state index in [-0.39, 0.29) is 35.8 Å². The number of hydrogen-bond donors (Lipinski definition) is 1. The van der Waals surface area contributed by atoms with E-state index < -0.39 is 27.9 Å². The van der Waals surface area contributed by atoms with Crippen LogP contribution in [0, 0.1) is 0 Å². The third kappa shape index (κ3) is 4.60. The third-order valence-corrected chi connectivity index (χ3v) is 5.89. The Balaban J connectivity index is 2.13. The maximum absolute atomic E-state index is 12.8. The number of rotatable bonds is 5. The van der Waals surface area contributed by atoms with Gasteiger partial charge in [0.05, 0.1) is 24.2 Å². The molecule has 0 aromatic heterocycles. The van der Waals surface area contributed by atoms with Gasteiger partial charge in [0.15, 0.2) is 0 Å². The Morgan fingerprint density at radius 3 is 2.23 bits per heavy atom. The SMILES string of the molecule is COC(=O)[C@H](C)NC(=O)c1ccc(S(=O)(=O)N2C[C@@H](C)O[C@@H](C)C2)cc1. The van der Waals surface area contributed by atoms with E-state index >= 15 is 0 Å². The average molecular weight is 384 g/mol. The molecule has 1 aromatic carbocycles. The zero-order valence-electron chi connectivity index (χ0n) is 15.3. The van der Waals surface area contributed by atoms with Crippen LogP contribution in [0.25, 0.3) is 0 Å². The number of morpholine rings is 1. The summed E-state index contributed by atoms with van der Waals surface area (Å²) >= 11 is 0. The van der Waals surface area contributed by atoms with E-state index in [1.807, 2.05) is 13.8 Å². The van der Waals surface area contributed by atoms with E-state index in [2.05, 4.69) is 10.1 Å². The van der Waals surface area contributed by atoms with Gasteiger partial charge in [-0.3, -0.25) is 4.79 Å². The highest BCUT2D eigenvalue weighted by Crippen LogP contribution is 2.21. The van der Waals surface area contributed by atoms with Crippen molar-refractivity contribution in [3.63, 3.8) is 0 Å². The Bertz CT molecular complexity index is 752. The van der Waals surface area contributed by atoms with Gasteiger partial charge in [-0.2, -0.15) is 4.31 Å². The van der Waals surface area contributed by atoms with Crippen LogP contribution in [-0.2, 0) is 24.3 Å². The second-order valence-electron chi connectivity index (χ2n) is 6.32. The molecule has 9 heteroatoms. The van der Waals surface area contributed by atoms with Crippen LogP contribution in [0.3, 0.4) is 0 Å². The fraction of sp³-hybridized carbons (Fsp3) is 0.529. The Kier molecular flexibility index (Phi) is 6.38. The summed E-state index contributed by atoms with van der Waals surface area (Å²) in [5.74, 6) is -1.05. The first-order valence-corrected chi connectivity index (χ1v) is 9.73. The van der Waals surface area contributed by atoms with E-state index in [9.17, 15) is 18.0 Å². The molecule has 0 bridgehead atoms. The quantitative estimate of drug-likeness (QED) is 0.753. The number of methoxy groups -OCH3 is 1. The predicted octanol–water partition coefficient (Wildman–Crippen LogP) is 0.776. The van der Waals surface area contributed by atoms with Crippen LogP contribution in [0.1, 0.15) is 31.1 Å². The zero-order valence-corrected chi connectivity index (χ0v) is 16.1. The normalized spacial score (nSPS) is 22.5. The van der Waals surface area contributed by atoms with Crippen molar-refractivity contribution in [1.29, 1.82) is 0 Å². The van der Waals surface area contributed by atoms with Crippen molar-refractivity contribution in [2.24, 2.45) is 0 Å². The largest absolute Gasteiger partial charge is 0.467 e. The fourth-order valence-corrected chi connectivity index (χ4v) is 4.36. The van der Waals surface area contributed by atoms with Crippen molar-refractivity contribution in [2.75, 3.05) is 20.2 Å². The van der Waals surface area contributed by atoms with Gasteiger partial charge in [0.2, 0.25) is 10.0 Å². The van der Waals surface area contributed by atoms with Gasteiger partial charge < -0.3 is 14.8 Å². The minimum Gasteiger partial charge on any atom is -0.467 e. The first kappa shape index (κ1) is 20.3. The maximum atomic E-state index is 12.8. The molecule has 8 nitrogen and oxygen atoms in total. The number of hydrogen-bond acceptors (Lipinski definition) is 6. The van der Waals surface area contributed by atoms with E-state index in [1.165, 1.54) is 42.6 Å². The van der Waals surface area contributed by atoms with Crippen molar-refractivity contribution >= 4 is 21.9 Å². The van der Waals surface area contributed by atoms with Crippen LogP contribution in [0.2, 0.25) is 0 Å². The molecule has 0 spiro atoms. The number of esters is 1. The Hall–Kier alpha value is -1.97. The molecule has 1 fully saturated rings. The molecule has 1 aliphatic rings. The molecule has 3 atom stereocenters. The molecular formula is C17H24N2O6S. The lowest BCUT2D eigenvalue weighted by molar-refractivity contribution is -0.142. The Labute approximate surface area is 153 Å². The van der Waals surface area contributed by atoms with Crippen LogP contribution in [0.15, 0.2) is 29.2 Å². The number of carbonyl (C=O) groups is 2. The van der Waals surface area contributed by atoms with Crippen LogP contribution in [-0.4, -0.2) is 63.0 Å². The lowest BCUT2D eigenvalue weighted by Crippen LogP contribution is -2.48. The number of nitrogens with zero attached hydrogens (tertiary/aromatic N) is 1. The third-order valence-electron chi connectivity index (χ3n) is 4.04. The minimum absolute atomic E-state index is 0.108. The van der Waals surface area contributed by atoms with Crippen molar-refractivity contribution in [2.45, 2.75) is 43.9 Å². The topological polar surface area (TPSA) is 102 Å². The first-order valence-electron chi connectivity index (χ1n) is 8.29. The van der Waals surface area contributed by atoms with E-state index in [4.69, 9.17) is 4.74 Å². The molecule has 1 N–H and O–H groups in total. The van der Waals surface area contributed by atoms with Gasteiger partial charge in [0, 0.05) is 18.7 Å². The molecular weight excluding hydrogens is 360 g/mol. The molecule has 0 saturated carbocycles. The predicted molar refractivity (Wildman–Crippen MR) is 94.2 cm³/mol. The van der Waals surface area contributed by atoms with Crippen molar-refractivity contribution < 1.29 is 27.5 Å². The Morgan fingerprint density at radius 1 is 1.19 bits per heavy atom. The van der Waals surface area contributed by atoms with E-state index in [1.54, 1.807) is 0 Å². The number of nitrogens with one attached hydrogen (secondary N) is 1.